The molecule has 0 unspecified atom stereocenters. The first kappa shape index (κ1) is 16.8. The number of rotatable bonds is 4. The van der Waals surface area contributed by atoms with E-state index in [2.05, 4.69) is 4.98 Å². The van der Waals surface area contributed by atoms with Crippen LogP contribution in [0.25, 0.3) is 17.1 Å². The van der Waals surface area contributed by atoms with Crippen LogP contribution in [0.4, 0.5) is 5.69 Å². The fourth-order valence-electron chi connectivity index (χ4n) is 2.03. The number of nitrogens with zero attached hydrogens (tertiary/aromatic N) is 3. The van der Waals surface area contributed by atoms with E-state index in [0.717, 1.165) is 15.7 Å². The van der Waals surface area contributed by atoms with Gasteiger partial charge in [0.2, 0.25) is 0 Å². The molecule has 1 aromatic carbocycles. The Labute approximate surface area is 148 Å². The van der Waals surface area contributed by atoms with Gasteiger partial charge >= 0.3 is 5.97 Å². The Hall–Kier alpha value is -3.04. The second-order valence-electron chi connectivity index (χ2n) is 4.85. The van der Waals surface area contributed by atoms with Gasteiger partial charge in [0.15, 0.2) is 4.96 Å². The van der Waals surface area contributed by atoms with E-state index in [9.17, 15) is 19.7 Å². The Kier molecular flexibility index (Phi) is 4.34. The van der Waals surface area contributed by atoms with E-state index < -0.39 is 16.5 Å². The third-order valence-corrected chi connectivity index (χ3v) is 4.58. The monoisotopic (exact) mass is 377 g/mol. The molecule has 0 spiro atoms. The topological polar surface area (TPSA) is 115 Å². The number of carbonyl (C=O) groups is 1. The fraction of sp³-hybridized carbons (Fsp3) is 0. The molecule has 1 N–H and O–H groups in total. The maximum absolute atomic E-state index is 12.2. The summed E-state index contributed by atoms with van der Waals surface area (Å²) in [6.07, 6.45) is 4.26. The third-order valence-electron chi connectivity index (χ3n) is 3.25. The quantitative estimate of drug-likeness (QED) is 0.551. The summed E-state index contributed by atoms with van der Waals surface area (Å²) in [4.78, 5) is 37.7. The number of hydrogen-bond acceptors (Lipinski definition) is 6. The molecule has 126 valence electrons. The van der Waals surface area contributed by atoms with Gasteiger partial charge in [-0.2, -0.15) is 0 Å². The Morgan fingerprint density at radius 3 is 2.60 bits per heavy atom. The van der Waals surface area contributed by atoms with Gasteiger partial charge in [0.1, 0.15) is 9.90 Å². The van der Waals surface area contributed by atoms with Gasteiger partial charge in [0.25, 0.3) is 11.2 Å². The van der Waals surface area contributed by atoms with Crippen LogP contribution in [0.5, 0.6) is 0 Å². The first-order valence-electron chi connectivity index (χ1n) is 6.74. The molecule has 10 heteroatoms. The zero-order valence-corrected chi connectivity index (χ0v) is 13.8. The van der Waals surface area contributed by atoms with Crippen molar-refractivity contribution in [2.75, 3.05) is 0 Å². The lowest BCUT2D eigenvalue weighted by Gasteiger charge is -1.99. The average Bonchev–Trinajstić information content (AvgIpc) is 3.02. The molecular weight excluding hydrogens is 370 g/mol. The molecule has 0 aliphatic carbocycles. The van der Waals surface area contributed by atoms with Crippen molar-refractivity contribution in [3.8, 4) is 0 Å². The fourth-order valence-corrected chi connectivity index (χ4v) is 3.04. The molecule has 8 nitrogen and oxygen atoms in total. The average molecular weight is 378 g/mol. The van der Waals surface area contributed by atoms with E-state index in [4.69, 9.17) is 16.7 Å². The van der Waals surface area contributed by atoms with Gasteiger partial charge in [-0.15, -0.1) is 0 Å². The van der Waals surface area contributed by atoms with E-state index in [-0.39, 0.29) is 26.2 Å². The van der Waals surface area contributed by atoms with Gasteiger partial charge in [0, 0.05) is 18.3 Å². The number of benzene rings is 1. The first-order valence-corrected chi connectivity index (χ1v) is 7.94. The van der Waals surface area contributed by atoms with Crippen LogP contribution < -0.4 is 5.56 Å². The van der Waals surface area contributed by atoms with E-state index in [0.29, 0.717) is 5.56 Å². The van der Waals surface area contributed by atoms with Crippen LogP contribution in [0.1, 0.15) is 20.9 Å². The molecule has 0 aliphatic rings. The van der Waals surface area contributed by atoms with Gasteiger partial charge in [-0.05, 0) is 23.8 Å². The normalized spacial score (nSPS) is 11.2. The molecule has 3 aromatic rings. The summed E-state index contributed by atoms with van der Waals surface area (Å²) in [5, 5.41) is 19.5. The molecule has 2 aromatic heterocycles. The third kappa shape index (κ3) is 3.28. The maximum Gasteiger partial charge on any atom is 0.347 e. The van der Waals surface area contributed by atoms with Gasteiger partial charge in [-0.3, -0.25) is 19.3 Å². The number of halogens is 1. The number of thiazole rings is 1. The highest BCUT2D eigenvalue weighted by Crippen LogP contribution is 2.20. The molecule has 0 fully saturated rings. The summed E-state index contributed by atoms with van der Waals surface area (Å²) in [7, 11) is 0. The first-order chi connectivity index (χ1) is 11.9. The van der Waals surface area contributed by atoms with Gasteiger partial charge < -0.3 is 5.11 Å². The zero-order chi connectivity index (χ0) is 18.1. The van der Waals surface area contributed by atoms with E-state index in [1.807, 2.05) is 0 Å². The molecule has 0 bridgehead atoms. The maximum atomic E-state index is 12.2. The molecular formula is C15H8ClN3O5S. The van der Waals surface area contributed by atoms with Crippen LogP contribution >= 0.6 is 22.9 Å². The number of aromatic carboxylic acids is 1. The number of carboxylic acids is 1. The molecule has 0 saturated heterocycles. The smallest absolute Gasteiger partial charge is 0.347 e. The molecule has 0 radical (unpaired) electrons. The van der Waals surface area contributed by atoms with E-state index in [1.54, 1.807) is 18.2 Å². The SMILES string of the molecule is O=C(O)c1cn2c(=O)c(Cl)c(/C=C/c3ccc([N+](=O)[O-])cc3)nc2s1. The van der Waals surface area contributed by atoms with E-state index in [1.165, 1.54) is 24.4 Å². The summed E-state index contributed by atoms with van der Waals surface area (Å²) < 4.78 is 1.08. The van der Waals surface area contributed by atoms with Crippen molar-refractivity contribution in [1.82, 2.24) is 9.38 Å². The van der Waals surface area contributed by atoms with Crippen LogP contribution in [-0.4, -0.2) is 25.4 Å². The second kappa shape index (κ2) is 6.46. The molecule has 0 saturated carbocycles. The lowest BCUT2D eigenvalue weighted by atomic mass is 10.2. The zero-order valence-electron chi connectivity index (χ0n) is 12.2. The Morgan fingerprint density at radius 1 is 1.32 bits per heavy atom. The number of nitro groups is 1. The van der Waals surface area contributed by atoms with Crippen LogP contribution in [0.2, 0.25) is 5.02 Å². The number of nitro benzene ring substituents is 1. The highest BCUT2D eigenvalue weighted by atomic mass is 35.5. The van der Waals surface area contributed by atoms with E-state index >= 15 is 0 Å². The lowest BCUT2D eigenvalue weighted by Crippen LogP contribution is -2.14. The standard InChI is InChI=1S/C15H8ClN3O5S/c16-12-10(6-3-8-1-4-9(5-2-8)19(23)24)17-15-18(13(12)20)7-11(25-15)14(21)22/h1-7H,(H,21,22)/b6-3+. The number of carboxylic acid groups (broad SMARTS) is 1. The summed E-state index contributed by atoms with van der Waals surface area (Å²) >= 11 is 6.87. The van der Waals surface area contributed by atoms with Crippen molar-refractivity contribution in [3.05, 3.63) is 72.1 Å². The van der Waals surface area contributed by atoms with Crippen LogP contribution in [0, 0.1) is 10.1 Å². The molecule has 0 atom stereocenters. The van der Waals surface area contributed by atoms with Gasteiger partial charge in [0.05, 0.1) is 10.6 Å². The summed E-state index contributed by atoms with van der Waals surface area (Å²) in [6, 6.07) is 5.79. The number of non-ortho nitro benzene ring substituents is 1. The van der Waals surface area contributed by atoms with Crippen molar-refractivity contribution in [2.45, 2.75) is 0 Å². The van der Waals surface area contributed by atoms with Crippen molar-refractivity contribution < 1.29 is 14.8 Å². The minimum Gasteiger partial charge on any atom is -0.477 e. The van der Waals surface area contributed by atoms with Crippen molar-refractivity contribution in [2.24, 2.45) is 0 Å². The van der Waals surface area contributed by atoms with Crippen LogP contribution in [0.3, 0.4) is 0 Å². The highest BCUT2D eigenvalue weighted by molar-refractivity contribution is 7.18. The van der Waals surface area contributed by atoms with Crippen molar-refractivity contribution >= 4 is 51.7 Å². The highest BCUT2D eigenvalue weighted by Gasteiger charge is 2.15. The minimum absolute atomic E-state index is 0.0304. The molecule has 3 rings (SSSR count). The summed E-state index contributed by atoms with van der Waals surface area (Å²) in [5.41, 5.74) is 0.233. The Morgan fingerprint density at radius 2 is 2.00 bits per heavy atom. The Balaban J connectivity index is 2.00. The lowest BCUT2D eigenvalue weighted by molar-refractivity contribution is -0.384. The van der Waals surface area contributed by atoms with Gasteiger partial charge in [-0.25, -0.2) is 9.78 Å². The van der Waals surface area contributed by atoms with Crippen molar-refractivity contribution in [1.29, 1.82) is 0 Å². The molecule has 25 heavy (non-hydrogen) atoms. The predicted octanol–water partition coefficient (Wildman–Crippen LogP) is 3.19. The minimum atomic E-state index is -1.16. The summed E-state index contributed by atoms with van der Waals surface area (Å²) in [5.74, 6) is -1.16. The largest absolute Gasteiger partial charge is 0.477 e. The molecule has 0 aliphatic heterocycles. The summed E-state index contributed by atoms with van der Waals surface area (Å²) in [6.45, 7) is 0. The molecule has 2 heterocycles. The van der Waals surface area contributed by atoms with Crippen LogP contribution in [0.15, 0.2) is 35.3 Å². The van der Waals surface area contributed by atoms with Crippen molar-refractivity contribution in [3.63, 3.8) is 0 Å². The Bertz CT molecular complexity index is 1080. The van der Waals surface area contributed by atoms with Gasteiger partial charge in [-0.1, -0.05) is 29.0 Å². The second-order valence-corrected chi connectivity index (χ2v) is 6.24. The number of aromatic nitrogens is 2. The predicted molar refractivity (Wildman–Crippen MR) is 93.3 cm³/mol. The number of hydrogen-bond donors (Lipinski definition) is 1. The number of fused-ring (bicyclic) bond motifs is 1. The molecule has 0 amide bonds. The van der Waals surface area contributed by atoms with Crippen LogP contribution in [-0.2, 0) is 0 Å².